The van der Waals surface area contributed by atoms with Gasteiger partial charge in [-0.25, -0.2) is 0 Å². The molecule has 2 heterocycles. The second-order valence-electron chi connectivity index (χ2n) is 4.48. The molecule has 0 unspecified atom stereocenters. The van der Waals surface area contributed by atoms with Crippen molar-refractivity contribution in [1.29, 1.82) is 0 Å². The molecule has 102 valence electrons. The van der Waals surface area contributed by atoms with Gasteiger partial charge in [-0.05, 0) is 47.9 Å². The highest BCUT2D eigenvalue weighted by molar-refractivity contribution is 6.29. The summed E-state index contributed by atoms with van der Waals surface area (Å²) < 4.78 is 5.03. The van der Waals surface area contributed by atoms with Gasteiger partial charge in [0.2, 0.25) is 5.91 Å². The molecule has 1 aromatic heterocycles. The SMILES string of the molecule is O=C1CCc2ccc(NC(=O)c3ccc(Cl)o3)cc2N1. The van der Waals surface area contributed by atoms with Crippen LogP contribution in [0, 0.1) is 0 Å². The summed E-state index contributed by atoms with van der Waals surface area (Å²) in [5.74, 6) is -0.269. The van der Waals surface area contributed by atoms with Gasteiger partial charge in [0.25, 0.3) is 5.91 Å². The fraction of sp³-hybridized carbons (Fsp3) is 0.143. The van der Waals surface area contributed by atoms with E-state index in [0.717, 1.165) is 11.3 Å². The van der Waals surface area contributed by atoms with E-state index in [2.05, 4.69) is 10.6 Å². The van der Waals surface area contributed by atoms with Crippen LogP contribution in [0.2, 0.25) is 5.22 Å². The van der Waals surface area contributed by atoms with Gasteiger partial charge < -0.3 is 15.1 Å². The minimum absolute atomic E-state index is 0.0150. The van der Waals surface area contributed by atoms with E-state index in [1.54, 1.807) is 12.1 Å². The molecule has 20 heavy (non-hydrogen) atoms. The minimum atomic E-state index is -0.390. The Hall–Kier alpha value is -2.27. The van der Waals surface area contributed by atoms with Gasteiger partial charge in [0, 0.05) is 17.8 Å². The fourth-order valence-corrected chi connectivity index (χ4v) is 2.22. The summed E-state index contributed by atoms with van der Waals surface area (Å²) in [6, 6.07) is 8.41. The third-order valence-electron chi connectivity index (χ3n) is 3.06. The highest BCUT2D eigenvalue weighted by Gasteiger charge is 2.16. The number of furan rings is 1. The van der Waals surface area contributed by atoms with Gasteiger partial charge in [-0.15, -0.1) is 0 Å². The van der Waals surface area contributed by atoms with Crippen molar-refractivity contribution in [1.82, 2.24) is 0 Å². The lowest BCUT2D eigenvalue weighted by molar-refractivity contribution is -0.116. The van der Waals surface area contributed by atoms with Crippen LogP contribution in [0.25, 0.3) is 0 Å². The van der Waals surface area contributed by atoms with Crippen LogP contribution >= 0.6 is 11.6 Å². The number of hydrogen-bond donors (Lipinski definition) is 2. The number of rotatable bonds is 2. The third kappa shape index (κ3) is 2.53. The standard InChI is InChI=1S/C14H11ClN2O3/c15-12-5-4-11(20-12)14(19)16-9-3-1-8-2-6-13(18)17-10(8)7-9/h1,3-5,7H,2,6H2,(H,16,19)(H,17,18). The molecule has 1 aliphatic heterocycles. The zero-order chi connectivity index (χ0) is 14.1. The van der Waals surface area contributed by atoms with Crippen molar-refractivity contribution in [2.24, 2.45) is 0 Å². The number of fused-ring (bicyclic) bond motifs is 1. The van der Waals surface area contributed by atoms with Crippen molar-refractivity contribution in [3.63, 3.8) is 0 Å². The predicted molar refractivity (Wildman–Crippen MR) is 75.1 cm³/mol. The number of benzene rings is 1. The molecule has 6 heteroatoms. The van der Waals surface area contributed by atoms with E-state index in [0.29, 0.717) is 18.5 Å². The first-order chi connectivity index (χ1) is 9.61. The number of aryl methyl sites for hydroxylation is 1. The van der Waals surface area contributed by atoms with Gasteiger partial charge in [-0.1, -0.05) is 6.07 Å². The first kappa shape index (κ1) is 12.7. The molecule has 5 nitrogen and oxygen atoms in total. The summed E-state index contributed by atoms with van der Waals surface area (Å²) in [5, 5.41) is 5.64. The molecule has 2 aromatic rings. The summed E-state index contributed by atoms with van der Waals surface area (Å²) in [6.45, 7) is 0. The van der Waals surface area contributed by atoms with Crippen molar-refractivity contribution in [3.8, 4) is 0 Å². The normalized spacial score (nSPS) is 13.6. The van der Waals surface area contributed by atoms with E-state index in [9.17, 15) is 9.59 Å². The van der Waals surface area contributed by atoms with Crippen LogP contribution < -0.4 is 10.6 Å². The number of halogens is 1. The van der Waals surface area contributed by atoms with Crippen molar-refractivity contribution in [2.75, 3.05) is 10.6 Å². The average molecular weight is 291 g/mol. The topological polar surface area (TPSA) is 71.3 Å². The molecule has 0 bridgehead atoms. The highest BCUT2D eigenvalue weighted by Crippen LogP contribution is 2.26. The summed E-state index contributed by atoms with van der Waals surface area (Å²) in [4.78, 5) is 23.3. The van der Waals surface area contributed by atoms with E-state index < -0.39 is 0 Å². The third-order valence-corrected chi connectivity index (χ3v) is 3.26. The molecule has 0 atom stereocenters. The first-order valence-corrected chi connectivity index (χ1v) is 6.49. The quantitative estimate of drug-likeness (QED) is 0.893. The number of hydrogen-bond acceptors (Lipinski definition) is 3. The Morgan fingerprint density at radius 1 is 1.25 bits per heavy atom. The van der Waals surface area contributed by atoms with Crippen molar-refractivity contribution < 1.29 is 14.0 Å². The maximum absolute atomic E-state index is 11.9. The predicted octanol–water partition coefficient (Wildman–Crippen LogP) is 3.07. The molecule has 0 radical (unpaired) electrons. The minimum Gasteiger partial charge on any atom is -0.440 e. The molecular weight excluding hydrogens is 280 g/mol. The monoisotopic (exact) mass is 290 g/mol. The number of carbonyl (C=O) groups is 2. The van der Waals surface area contributed by atoms with Crippen LogP contribution in [0.1, 0.15) is 22.5 Å². The summed E-state index contributed by atoms with van der Waals surface area (Å²) in [5.41, 5.74) is 2.38. The van der Waals surface area contributed by atoms with Crippen LogP contribution in [0.3, 0.4) is 0 Å². The largest absolute Gasteiger partial charge is 0.440 e. The van der Waals surface area contributed by atoms with Crippen molar-refractivity contribution in [2.45, 2.75) is 12.8 Å². The van der Waals surface area contributed by atoms with Gasteiger partial charge >= 0.3 is 0 Å². The Bertz CT molecular complexity index is 693. The Balaban J connectivity index is 1.80. The number of nitrogens with one attached hydrogen (secondary N) is 2. The molecule has 3 rings (SSSR count). The van der Waals surface area contributed by atoms with Gasteiger partial charge in [-0.3, -0.25) is 9.59 Å². The lowest BCUT2D eigenvalue weighted by Crippen LogP contribution is -2.19. The Kier molecular flexibility index (Phi) is 3.20. The van der Waals surface area contributed by atoms with Crippen LogP contribution in [0.5, 0.6) is 0 Å². The van der Waals surface area contributed by atoms with E-state index in [1.807, 2.05) is 6.07 Å². The van der Waals surface area contributed by atoms with Gasteiger partial charge in [-0.2, -0.15) is 0 Å². The molecule has 0 fully saturated rings. The average Bonchev–Trinajstić information content (AvgIpc) is 2.85. The fourth-order valence-electron chi connectivity index (χ4n) is 2.08. The smallest absolute Gasteiger partial charge is 0.291 e. The van der Waals surface area contributed by atoms with Crippen molar-refractivity contribution >= 4 is 34.8 Å². The zero-order valence-corrected chi connectivity index (χ0v) is 11.2. The number of amides is 2. The molecule has 1 aromatic carbocycles. The molecule has 0 spiro atoms. The number of anilines is 2. The Morgan fingerprint density at radius 3 is 2.85 bits per heavy atom. The molecular formula is C14H11ClN2O3. The van der Waals surface area contributed by atoms with E-state index in [1.165, 1.54) is 12.1 Å². The van der Waals surface area contributed by atoms with Crippen molar-refractivity contribution in [3.05, 3.63) is 46.9 Å². The number of carbonyl (C=O) groups excluding carboxylic acids is 2. The highest BCUT2D eigenvalue weighted by atomic mass is 35.5. The molecule has 1 aliphatic rings. The molecule has 0 saturated carbocycles. The van der Waals surface area contributed by atoms with Crippen LogP contribution in [0.4, 0.5) is 11.4 Å². The molecule has 2 N–H and O–H groups in total. The summed E-state index contributed by atoms with van der Waals surface area (Å²) in [6.07, 6.45) is 1.20. The summed E-state index contributed by atoms with van der Waals surface area (Å²) >= 11 is 5.62. The van der Waals surface area contributed by atoms with E-state index in [4.69, 9.17) is 16.0 Å². The van der Waals surface area contributed by atoms with Gasteiger partial charge in [0.05, 0.1) is 0 Å². The Morgan fingerprint density at radius 2 is 2.10 bits per heavy atom. The second kappa shape index (κ2) is 5.02. The van der Waals surface area contributed by atoms with Crippen LogP contribution in [-0.4, -0.2) is 11.8 Å². The maximum Gasteiger partial charge on any atom is 0.291 e. The first-order valence-electron chi connectivity index (χ1n) is 6.11. The van der Waals surface area contributed by atoms with Gasteiger partial charge in [0.15, 0.2) is 11.0 Å². The molecule has 2 amide bonds. The lowest BCUT2D eigenvalue weighted by Gasteiger charge is -2.17. The van der Waals surface area contributed by atoms with E-state index in [-0.39, 0.29) is 22.8 Å². The lowest BCUT2D eigenvalue weighted by atomic mass is 10.0. The molecule has 0 saturated heterocycles. The summed E-state index contributed by atoms with van der Waals surface area (Å²) in [7, 11) is 0. The van der Waals surface area contributed by atoms with Gasteiger partial charge in [0.1, 0.15) is 0 Å². The molecule has 0 aliphatic carbocycles. The second-order valence-corrected chi connectivity index (χ2v) is 4.85. The maximum atomic E-state index is 11.9. The van der Waals surface area contributed by atoms with Crippen LogP contribution in [0.15, 0.2) is 34.7 Å². The van der Waals surface area contributed by atoms with Crippen LogP contribution in [-0.2, 0) is 11.2 Å². The van der Waals surface area contributed by atoms with E-state index >= 15 is 0 Å². The zero-order valence-electron chi connectivity index (χ0n) is 10.4. The Labute approximate surface area is 119 Å².